The van der Waals surface area contributed by atoms with Crippen LogP contribution in [0.15, 0.2) is 53.5 Å². The molecule has 0 spiro atoms. The van der Waals surface area contributed by atoms with Crippen molar-refractivity contribution in [1.29, 1.82) is 0 Å². The molecule has 0 bridgehead atoms. The molecule has 1 aromatic carbocycles. The van der Waals surface area contributed by atoms with Gasteiger partial charge in [0.1, 0.15) is 22.4 Å². The number of nitrogens with zero attached hydrogens (tertiary/aromatic N) is 4. The number of thiazole rings is 1. The van der Waals surface area contributed by atoms with Crippen LogP contribution in [0.5, 0.6) is 0 Å². The number of rotatable bonds is 6. The van der Waals surface area contributed by atoms with Gasteiger partial charge in [-0.1, -0.05) is 0 Å². The quantitative estimate of drug-likeness (QED) is 0.298. The first kappa shape index (κ1) is 23.5. The minimum Gasteiger partial charge on any atom is -0.396 e. The van der Waals surface area contributed by atoms with E-state index in [1.54, 1.807) is 23.7 Å². The zero-order valence-corrected chi connectivity index (χ0v) is 20.3. The van der Waals surface area contributed by atoms with Crippen molar-refractivity contribution in [1.82, 2.24) is 20.6 Å². The van der Waals surface area contributed by atoms with Crippen molar-refractivity contribution in [2.24, 2.45) is 10.9 Å². The number of anilines is 2. The highest BCUT2D eigenvalue weighted by atomic mass is 32.1. The summed E-state index contributed by atoms with van der Waals surface area (Å²) in [6, 6.07) is 9.50. The monoisotopic (exact) mass is 495 g/mol. The third-order valence-corrected chi connectivity index (χ3v) is 7.50. The molecule has 5 rings (SSSR count). The normalized spacial score (nSPS) is 24.3. The van der Waals surface area contributed by atoms with E-state index in [2.05, 4.69) is 25.9 Å². The second-order valence-corrected chi connectivity index (χ2v) is 10.0. The fourth-order valence-electron chi connectivity index (χ4n) is 4.36. The highest BCUT2D eigenvalue weighted by Crippen LogP contribution is 2.31. The molecule has 184 valence electrons. The fraction of sp³-hybridized carbons (Fsp3) is 0.375. The summed E-state index contributed by atoms with van der Waals surface area (Å²) in [7, 11) is 3.99. The average Bonchev–Trinajstić information content (AvgIpc) is 3.41. The zero-order valence-electron chi connectivity index (χ0n) is 19.5. The summed E-state index contributed by atoms with van der Waals surface area (Å²) in [5, 5.41) is 41.3. The van der Waals surface area contributed by atoms with Crippen molar-refractivity contribution >= 4 is 44.5 Å². The lowest BCUT2D eigenvalue weighted by Gasteiger charge is -2.27. The van der Waals surface area contributed by atoms with Gasteiger partial charge in [0.15, 0.2) is 0 Å². The molecule has 0 radical (unpaired) electrons. The Morgan fingerprint density at radius 3 is 2.63 bits per heavy atom. The Balaban J connectivity index is 1.42. The van der Waals surface area contributed by atoms with E-state index < -0.39 is 18.2 Å². The van der Waals surface area contributed by atoms with Gasteiger partial charge in [-0.05, 0) is 36.8 Å². The van der Waals surface area contributed by atoms with Crippen LogP contribution in [0.4, 0.5) is 11.4 Å². The Kier molecular flexibility index (Phi) is 6.56. The minimum absolute atomic E-state index is 0.183. The van der Waals surface area contributed by atoms with Crippen molar-refractivity contribution in [2.45, 2.75) is 24.7 Å². The summed E-state index contributed by atoms with van der Waals surface area (Å²) >= 11 is 1.55. The molecular weight excluding hydrogens is 466 g/mol. The van der Waals surface area contributed by atoms with E-state index in [1.807, 2.05) is 49.3 Å². The Morgan fingerprint density at radius 2 is 1.94 bits per heavy atom. The maximum absolute atomic E-state index is 10.6. The third-order valence-electron chi connectivity index (χ3n) is 6.40. The Morgan fingerprint density at radius 1 is 1.14 bits per heavy atom. The smallest absolute Gasteiger partial charge is 0.201 e. The van der Waals surface area contributed by atoms with E-state index in [0.717, 1.165) is 32.2 Å². The summed E-state index contributed by atoms with van der Waals surface area (Å²) in [4.78, 5) is 15.6. The molecule has 6 N–H and O–H groups in total. The number of benzene rings is 1. The van der Waals surface area contributed by atoms with Gasteiger partial charge in [0.05, 0.1) is 35.2 Å². The van der Waals surface area contributed by atoms with Crippen LogP contribution in [0.25, 0.3) is 15.8 Å². The second kappa shape index (κ2) is 9.78. The van der Waals surface area contributed by atoms with Crippen molar-refractivity contribution in [2.75, 3.05) is 37.5 Å². The van der Waals surface area contributed by atoms with E-state index in [0.29, 0.717) is 24.7 Å². The van der Waals surface area contributed by atoms with Gasteiger partial charge in [-0.15, -0.1) is 11.3 Å². The van der Waals surface area contributed by atoms with Gasteiger partial charge >= 0.3 is 0 Å². The SMILES string of the molecule is CN(C)c1ccc(NC2=NCC(c3nc4cnccc4s3)=C(NC3C[C@H](CO)[C@@H](O)[C@H]3O)N2)cc1. The Labute approximate surface area is 207 Å². The van der Waals surface area contributed by atoms with Crippen molar-refractivity contribution in [3.63, 3.8) is 0 Å². The number of aromatic nitrogens is 2. The third kappa shape index (κ3) is 4.80. The van der Waals surface area contributed by atoms with Crippen LogP contribution in [0, 0.1) is 5.92 Å². The standard InChI is InChI=1S/C24H29N7O3S/c1-31(2)15-5-3-14(4-6-15)27-24-26-10-16(23-29-18-11-25-8-7-19(18)35-23)22(30-24)28-17-9-13(12-32)20(33)21(17)34/h3-8,11,13,17,20-21,28,32-34H,9-10,12H2,1-2H3,(H2,26,27,30)/t13-,17?,20-,21+/m1/s1. The predicted molar refractivity (Wildman–Crippen MR) is 138 cm³/mol. The van der Waals surface area contributed by atoms with Gasteiger partial charge in [-0.2, -0.15) is 0 Å². The predicted octanol–water partition coefficient (Wildman–Crippen LogP) is 1.19. The van der Waals surface area contributed by atoms with Crippen LogP contribution in [0.2, 0.25) is 0 Å². The molecule has 4 atom stereocenters. The number of nitrogens with one attached hydrogen (secondary N) is 3. The molecule has 10 nitrogen and oxygen atoms in total. The molecule has 1 aliphatic heterocycles. The molecule has 2 aliphatic rings. The fourth-order valence-corrected chi connectivity index (χ4v) is 5.34. The molecule has 3 heterocycles. The molecule has 0 amide bonds. The maximum Gasteiger partial charge on any atom is 0.201 e. The first-order valence-electron chi connectivity index (χ1n) is 11.5. The molecular formula is C24H29N7O3S. The number of guanidine groups is 1. The van der Waals surface area contributed by atoms with Gasteiger partial charge in [0, 0.05) is 44.2 Å². The summed E-state index contributed by atoms with van der Waals surface area (Å²) in [5.41, 5.74) is 3.64. The lowest BCUT2D eigenvalue weighted by atomic mass is 10.1. The summed E-state index contributed by atoms with van der Waals surface area (Å²) in [6.45, 7) is 0.188. The molecule has 35 heavy (non-hydrogen) atoms. The van der Waals surface area contributed by atoms with Crippen molar-refractivity contribution < 1.29 is 15.3 Å². The first-order valence-corrected chi connectivity index (χ1v) is 12.3. The Bertz CT molecular complexity index is 1220. The highest BCUT2D eigenvalue weighted by molar-refractivity contribution is 7.19. The van der Waals surface area contributed by atoms with E-state index >= 15 is 0 Å². The lowest BCUT2D eigenvalue weighted by Crippen LogP contribution is -2.47. The molecule has 1 aliphatic carbocycles. The summed E-state index contributed by atoms with van der Waals surface area (Å²) in [6.07, 6.45) is 1.92. The molecule has 0 saturated heterocycles. The molecule has 11 heteroatoms. The number of aliphatic imine (C=N–C) groups is 1. The van der Waals surface area contributed by atoms with E-state index in [4.69, 9.17) is 4.98 Å². The summed E-state index contributed by atoms with van der Waals surface area (Å²) in [5.74, 6) is 0.836. The van der Waals surface area contributed by atoms with Crippen LogP contribution in [-0.2, 0) is 0 Å². The van der Waals surface area contributed by atoms with Crippen molar-refractivity contribution in [3.8, 4) is 0 Å². The largest absolute Gasteiger partial charge is 0.396 e. The van der Waals surface area contributed by atoms with Gasteiger partial charge < -0.3 is 36.2 Å². The number of fused-ring (bicyclic) bond motifs is 1. The summed E-state index contributed by atoms with van der Waals surface area (Å²) < 4.78 is 1.02. The molecule has 1 fully saturated rings. The lowest BCUT2D eigenvalue weighted by molar-refractivity contribution is 0.000577. The van der Waals surface area contributed by atoms with Crippen molar-refractivity contribution in [3.05, 3.63) is 53.6 Å². The molecule has 1 saturated carbocycles. The van der Waals surface area contributed by atoms with E-state index in [-0.39, 0.29) is 12.5 Å². The van der Waals surface area contributed by atoms with Crippen LogP contribution >= 0.6 is 11.3 Å². The Hall–Kier alpha value is -3.25. The van der Waals surface area contributed by atoms with E-state index in [9.17, 15) is 15.3 Å². The van der Waals surface area contributed by atoms with Crippen LogP contribution in [0.1, 0.15) is 11.4 Å². The van der Waals surface area contributed by atoms with Gasteiger partial charge in [0.2, 0.25) is 5.96 Å². The number of hydrogen-bond acceptors (Lipinski definition) is 11. The molecule has 3 aromatic rings. The molecule has 2 aromatic heterocycles. The van der Waals surface area contributed by atoms with Gasteiger partial charge in [-0.25, -0.2) is 9.98 Å². The maximum atomic E-state index is 10.6. The minimum atomic E-state index is -1.00. The number of pyridine rings is 1. The number of hydrogen-bond donors (Lipinski definition) is 6. The van der Waals surface area contributed by atoms with Gasteiger partial charge in [0.25, 0.3) is 0 Å². The second-order valence-electron chi connectivity index (χ2n) is 8.98. The van der Waals surface area contributed by atoms with E-state index in [1.165, 1.54) is 0 Å². The van der Waals surface area contributed by atoms with Crippen LogP contribution in [-0.4, -0.2) is 76.7 Å². The van der Waals surface area contributed by atoms with Crippen LogP contribution in [0.3, 0.4) is 0 Å². The zero-order chi connectivity index (χ0) is 24.5. The number of aliphatic hydroxyl groups is 3. The molecule has 1 unspecified atom stereocenters. The average molecular weight is 496 g/mol. The van der Waals surface area contributed by atoms with Crippen LogP contribution < -0.4 is 20.9 Å². The van der Waals surface area contributed by atoms with Gasteiger partial charge in [-0.3, -0.25) is 4.98 Å². The number of aliphatic hydroxyl groups excluding tert-OH is 3. The highest BCUT2D eigenvalue weighted by Gasteiger charge is 2.41. The topological polar surface area (TPSA) is 138 Å². The first-order chi connectivity index (χ1) is 16.9.